The Morgan fingerprint density at radius 2 is 2.43 bits per heavy atom. The Hall–Kier alpha value is -0.610. The molecule has 1 aliphatic heterocycles. The van der Waals surface area contributed by atoms with E-state index in [0.29, 0.717) is 32.2 Å². The minimum absolute atomic E-state index is 0.185. The third kappa shape index (κ3) is 4.58. The van der Waals surface area contributed by atoms with Crippen LogP contribution in [0.15, 0.2) is 0 Å². The summed E-state index contributed by atoms with van der Waals surface area (Å²) >= 11 is 0. The summed E-state index contributed by atoms with van der Waals surface area (Å²) < 4.78 is 15.3. The summed E-state index contributed by atoms with van der Waals surface area (Å²) in [6.07, 6.45) is 1.42. The van der Waals surface area contributed by atoms with E-state index in [1.165, 1.54) is 0 Å². The van der Waals surface area contributed by atoms with Gasteiger partial charge in [-0.3, -0.25) is 4.79 Å². The monoisotopic (exact) mass is 202 g/mol. The highest BCUT2D eigenvalue weighted by atomic mass is 16.5. The zero-order chi connectivity index (χ0) is 10.2. The molecule has 0 aromatic rings. The van der Waals surface area contributed by atoms with E-state index in [-0.39, 0.29) is 5.97 Å². The van der Waals surface area contributed by atoms with Gasteiger partial charge in [0.05, 0.1) is 32.8 Å². The Balaban J connectivity index is 1.90. The fraction of sp³-hybridized carbons (Fsp3) is 0.900. The highest BCUT2D eigenvalue weighted by Gasteiger charge is 2.15. The molecule has 82 valence electrons. The van der Waals surface area contributed by atoms with Gasteiger partial charge in [0.1, 0.15) is 0 Å². The second-order valence-corrected chi connectivity index (χ2v) is 3.36. The van der Waals surface area contributed by atoms with Gasteiger partial charge in [-0.2, -0.15) is 0 Å². The van der Waals surface area contributed by atoms with Crippen LogP contribution >= 0.6 is 0 Å². The van der Waals surface area contributed by atoms with Crippen molar-refractivity contribution in [3.8, 4) is 0 Å². The molecule has 0 saturated carbocycles. The van der Waals surface area contributed by atoms with Gasteiger partial charge in [-0.05, 0) is 13.3 Å². The van der Waals surface area contributed by atoms with E-state index in [2.05, 4.69) is 0 Å². The second kappa shape index (κ2) is 6.79. The molecule has 14 heavy (non-hydrogen) atoms. The van der Waals surface area contributed by atoms with Crippen LogP contribution < -0.4 is 0 Å². The number of esters is 1. The molecule has 1 atom stereocenters. The maximum absolute atomic E-state index is 10.9. The predicted octanol–water partition coefficient (Wildman–Crippen LogP) is 0.993. The molecule has 0 amide bonds. The van der Waals surface area contributed by atoms with Gasteiger partial charge in [0.2, 0.25) is 0 Å². The highest BCUT2D eigenvalue weighted by molar-refractivity contribution is 5.69. The maximum Gasteiger partial charge on any atom is 0.308 e. The molecule has 0 spiro atoms. The molecular weight excluding hydrogens is 184 g/mol. The van der Waals surface area contributed by atoms with Crippen LogP contribution in [0.2, 0.25) is 0 Å². The average molecular weight is 202 g/mol. The number of hydrogen-bond acceptors (Lipinski definition) is 4. The zero-order valence-electron chi connectivity index (χ0n) is 8.66. The number of rotatable bonds is 6. The molecule has 1 rings (SSSR count). The first-order valence-electron chi connectivity index (χ1n) is 5.14. The topological polar surface area (TPSA) is 44.8 Å². The van der Waals surface area contributed by atoms with Crippen LogP contribution in [-0.2, 0) is 19.0 Å². The summed E-state index contributed by atoms with van der Waals surface area (Å²) in [5, 5.41) is 0. The molecule has 0 bridgehead atoms. The smallest absolute Gasteiger partial charge is 0.308 e. The molecule has 1 unspecified atom stereocenters. The summed E-state index contributed by atoms with van der Waals surface area (Å²) in [7, 11) is 0. The van der Waals surface area contributed by atoms with Crippen LogP contribution in [0.3, 0.4) is 0 Å². The largest absolute Gasteiger partial charge is 0.466 e. The van der Waals surface area contributed by atoms with E-state index >= 15 is 0 Å². The molecule has 4 nitrogen and oxygen atoms in total. The summed E-state index contributed by atoms with van der Waals surface area (Å²) in [5.41, 5.74) is 0. The van der Waals surface area contributed by atoms with Crippen molar-refractivity contribution in [3.05, 3.63) is 0 Å². The highest BCUT2D eigenvalue weighted by Crippen LogP contribution is 2.12. The quantitative estimate of drug-likeness (QED) is 0.476. The van der Waals surface area contributed by atoms with Crippen molar-refractivity contribution < 1.29 is 19.0 Å². The predicted molar refractivity (Wildman–Crippen MR) is 51.0 cm³/mol. The summed E-state index contributed by atoms with van der Waals surface area (Å²) in [4.78, 5) is 10.9. The van der Waals surface area contributed by atoms with Crippen LogP contribution in [-0.4, -0.2) is 39.0 Å². The van der Waals surface area contributed by atoms with Gasteiger partial charge in [0.15, 0.2) is 0 Å². The van der Waals surface area contributed by atoms with Crippen molar-refractivity contribution in [3.63, 3.8) is 0 Å². The molecule has 0 aromatic heterocycles. The molecule has 0 aromatic carbocycles. The Labute approximate surface area is 84.5 Å². The first-order valence-corrected chi connectivity index (χ1v) is 5.14. The van der Waals surface area contributed by atoms with Crippen LogP contribution in [0.1, 0.15) is 19.8 Å². The standard InChI is InChI=1S/C10H18O4/c1-2-14-10(11)4-6-13-8-9-3-5-12-7-9/h9H,2-8H2,1H3. The van der Waals surface area contributed by atoms with Crippen molar-refractivity contribution in [2.24, 2.45) is 5.92 Å². The lowest BCUT2D eigenvalue weighted by molar-refractivity contribution is -0.144. The van der Waals surface area contributed by atoms with Gasteiger partial charge in [-0.1, -0.05) is 0 Å². The van der Waals surface area contributed by atoms with Crippen LogP contribution in [0.4, 0.5) is 0 Å². The lowest BCUT2D eigenvalue weighted by Crippen LogP contribution is -2.13. The molecule has 0 aliphatic carbocycles. The van der Waals surface area contributed by atoms with Crippen molar-refractivity contribution in [1.82, 2.24) is 0 Å². The molecule has 1 fully saturated rings. The molecule has 0 N–H and O–H groups in total. The maximum atomic E-state index is 10.9. The summed E-state index contributed by atoms with van der Waals surface area (Å²) in [6, 6.07) is 0. The fourth-order valence-corrected chi connectivity index (χ4v) is 1.35. The van der Waals surface area contributed by atoms with E-state index in [1.54, 1.807) is 6.92 Å². The number of hydrogen-bond donors (Lipinski definition) is 0. The molecular formula is C10H18O4. The number of carbonyl (C=O) groups excluding carboxylic acids is 1. The van der Waals surface area contributed by atoms with E-state index in [0.717, 1.165) is 19.6 Å². The lowest BCUT2D eigenvalue weighted by atomic mass is 10.1. The molecule has 1 aliphatic rings. The minimum atomic E-state index is -0.185. The van der Waals surface area contributed by atoms with E-state index < -0.39 is 0 Å². The molecule has 0 radical (unpaired) electrons. The Kier molecular flexibility index (Phi) is 5.56. The van der Waals surface area contributed by atoms with Gasteiger partial charge >= 0.3 is 5.97 Å². The van der Waals surface area contributed by atoms with Crippen molar-refractivity contribution >= 4 is 5.97 Å². The first kappa shape index (κ1) is 11.5. The average Bonchev–Trinajstić information content (AvgIpc) is 2.65. The van der Waals surface area contributed by atoms with Gasteiger partial charge in [-0.15, -0.1) is 0 Å². The number of ether oxygens (including phenoxy) is 3. The number of carbonyl (C=O) groups is 1. The van der Waals surface area contributed by atoms with Gasteiger partial charge in [0, 0.05) is 12.5 Å². The normalized spacial score (nSPS) is 21.1. The summed E-state index contributed by atoms with van der Waals surface area (Å²) in [5.74, 6) is 0.326. The fourth-order valence-electron chi connectivity index (χ4n) is 1.35. The molecule has 4 heteroatoms. The minimum Gasteiger partial charge on any atom is -0.466 e. The van der Waals surface area contributed by atoms with Crippen molar-refractivity contribution in [1.29, 1.82) is 0 Å². The first-order chi connectivity index (χ1) is 6.83. The molecule has 1 saturated heterocycles. The van der Waals surface area contributed by atoms with Crippen molar-refractivity contribution in [2.45, 2.75) is 19.8 Å². The Morgan fingerprint density at radius 3 is 3.07 bits per heavy atom. The Morgan fingerprint density at radius 1 is 1.57 bits per heavy atom. The SMILES string of the molecule is CCOC(=O)CCOCC1CCOC1. The third-order valence-corrected chi connectivity index (χ3v) is 2.13. The van der Waals surface area contributed by atoms with Gasteiger partial charge in [-0.25, -0.2) is 0 Å². The van der Waals surface area contributed by atoms with Crippen molar-refractivity contribution in [2.75, 3.05) is 33.0 Å². The van der Waals surface area contributed by atoms with Crippen LogP contribution in [0, 0.1) is 5.92 Å². The second-order valence-electron chi connectivity index (χ2n) is 3.36. The zero-order valence-corrected chi connectivity index (χ0v) is 8.66. The third-order valence-electron chi connectivity index (χ3n) is 2.13. The van der Waals surface area contributed by atoms with Gasteiger partial charge in [0.25, 0.3) is 0 Å². The van der Waals surface area contributed by atoms with E-state index in [4.69, 9.17) is 14.2 Å². The van der Waals surface area contributed by atoms with Gasteiger partial charge < -0.3 is 14.2 Å². The van der Waals surface area contributed by atoms with Crippen LogP contribution in [0.25, 0.3) is 0 Å². The summed E-state index contributed by atoms with van der Waals surface area (Å²) in [6.45, 7) is 5.02. The Bertz CT molecular complexity index is 164. The van der Waals surface area contributed by atoms with Crippen LogP contribution in [0.5, 0.6) is 0 Å². The van der Waals surface area contributed by atoms with E-state index in [9.17, 15) is 4.79 Å². The molecule has 1 heterocycles. The lowest BCUT2D eigenvalue weighted by Gasteiger charge is -2.07. The van der Waals surface area contributed by atoms with E-state index in [1.807, 2.05) is 0 Å².